The molecule has 34 heavy (non-hydrogen) atoms. The third-order valence-corrected chi connectivity index (χ3v) is 6.23. The fraction of sp³-hybridized carbons (Fsp3) is 0.231. The first-order valence-corrected chi connectivity index (χ1v) is 11.5. The Bertz CT molecular complexity index is 1370. The number of carbonyl (C=O) groups is 1. The SMILES string of the molecule is COc1cc(N2CCn3c(nc4cc(Cl)ccc43)C2)ccc1NC(=O)COc1ccccc1C. The molecule has 0 fully saturated rings. The van der Waals surface area contributed by atoms with Gasteiger partial charge in [-0.05, 0) is 48.9 Å². The lowest BCUT2D eigenvalue weighted by Gasteiger charge is -2.30. The van der Waals surface area contributed by atoms with Crippen molar-refractivity contribution in [2.24, 2.45) is 0 Å². The zero-order chi connectivity index (χ0) is 23.7. The lowest BCUT2D eigenvalue weighted by Crippen LogP contribution is -2.33. The summed E-state index contributed by atoms with van der Waals surface area (Å²) in [5.74, 6) is 2.03. The van der Waals surface area contributed by atoms with E-state index in [1.807, 2.05) is 67.6 Å². The van der Waals surface area contributed by atoms with Crippen LogP contribution in [0.3, 0.4) is 0 Å². The van der Waals surface area contributed by atoms with E-state index in [1.165, 1.54) is 0 Å². The highest BCUT2D eigenvalue weighted by atomic mass is 35.5. The van der Waals surface area contributed by atoms with Crippen LogP contribution in [0, 0.1) is 6.92 Å². The highest BCUT2D eigenvalue weighted by Gasteiger charge is 2.21. The van der Waals surface area contributed by atoms with Crippen LogP contribution >= 0.6 is 11.6 Å². The van der Waals surface area contributed by atoms with E-state index < -0.39 is 0 Å². The van der Waals surface area contributed by atoms with Gasteiger partial charge in [-0.2, -0.15) is 0 Å². The second-order valence-electron chi connectivity index (χ2n) is 8.22. The molecule has 0 saturated carbocycles. The number of imidazole rings is 1. The van der Waals surface area contributed by atoms with Crippen molar-refractivity contribution in [2.45, 2.75) is 20.0 Å². The molecule has 0 unspecified atom stereocenters. The Kier molecular flexibility index (Phi) is 6.02. The molecule has 0 bridgehead atoms. The standard InChI is InChI=1S/C26H25ClN4O3/c1-17-5-3-4-6-23(17)34-16-26(32)29-20-9-8-19(14-24(20)33-2)30-11-12-31-22-10-7-18(27)13-21(22)28-25(31)15-30/h3-10,13-14H,11-12,15-16H2,1-2H3,(H,29,32). The van der Waals surface area contributed by atoms with Gasteiger partial charge in [0.2, 0.25) is 0 Å². The zero-order valence-corrected chi connectivity index (χ0v) is 19.8. The minimum Gasteiger partial charge on any atom is -0.494 e. The molecule has 0 aliphatic carbocycles. The van der Waals surface area contributed by atoms with Crippen molar-refractivity contribution in [3.8, 4) is 11.5 Å². The van der Waals surface area contributed by atoms with Gasteiger partial charge in [0.25, 0.3) is 5.91 Å². The quantitative estimate of drug-likeness (QED) is 0.422. The molecule has 4 aromatic rings. The normalized spacial score (nSPS) is 13.0. The van der Waals surface area contributed by atoms with Crippen LogP contribution in [0.25, 0.3) is 11.0 Å². The van der Waals surface area contributed by atoms with Gasteiger partial charge >= 0.3 is 0 Å². The fourth-order valence-electron chi connectivity index (χ4n) is 4.24. The van der Waals surface area contributed by atoms with Crippen LogP contribution in [0.2, 0.25) is 5.02 Å². The van der Waals surface area contributed by atoms with Gasteiger partial charge in [-0.15, -0.1) is 0 Å². The molecule has 5 rings (SSSR count). The van der Waals surface area contributed by atoms with Crippen molar-refractivity contribution in [3.05, 3.63) is 77.1 Å². The highest BCUT2D eigenvalue weighted by molar-refractivity contribution is 6.31. The minimum atomic E-state index is -0.250. The topological polar surface area (TPSA) is 68.6 Å². The maximum atomic E-state index is 12.5. The Hall–Kier alpha value is -3.71. The summed E-state index contributed by atoms with van der Waals surface area (Å²) in [5, 5.41) is 3.57. The van der Waals surface area contributed by atoms with Crippen molar-refractivity contribution >= 4 is 39.9 Å². The summed E-state index contributed by atoms with van der Waals surface area (Å²) in [5.41, 5.74) is 4.59. The second-order valence-corrected chi connectivity index (χ2v) is 8.66. The number of carbonyl (C=O) groups excluding carboxylic acids is 1. The summed E-state index contributed by atoms with van der Waals surface area (Å²) in [6.07, 6.45) is 0. The maximum Gasteiger partial charge on any atom is 0.262 e. The first-order chi connectivity index (χ1) is 16.5. The van der Waals surface area contributed by atoms with Crippen LogP contribution in [-0.4, -0.2) is 35.7 Å². The lowest BCUT2D eigenvalue weighted by molar-refractivity contribution is -0.118. The number of aromatic nitrogens is 2. The number of hydrogen-bond donors (Lipinski definition) is 1. The molecule has 3 aromatic carbocycles. The molecule has 1 amide bonds. The molecule has 0 saturated heterocycles. The number of methoxy groups -OCH3 is 1. The second kappa shape index (κ2) is 9.27. The van der Waals surface area contributed by atoms with E-state index in [1.54, 1.807) is 7.11 Å². The van der Waals surface area contributed by atoms with Gasteiger partial charge < -0.3 is 24.3 Å². The van der Waals surface area contributed by atoms with E-state index in [0.29, 0.717) is 28.8 Å². The van der Waals surface area contributed by atoms with Crippen molar-refractivity contribution in [2.75, 3.05) is 30.5 Å². The number of halogens is 1. The fourth-order valence-corrected chi connectivity index (χ4v) is 4.41. The Morgan fingerprint density at radius 2 is 1.94 bits per heavy atom. The molecule has 1 aromatic heterocycles. The number of nitrogens with zero attached hydrogens (tertiary/aromatic N) is 3. The number of fused-ring (bicyclic) bond motifs is 3. The molecule has 1 aliphatic rings. The number of ether oxygens (including phenoxy) is 2. The van der Waals surface area contributed by atoms with Crippen LogP contribution in [0.15, 0.2) is 60.7 Å². The van der Waals surface area contributed by atoms with E-state index >= 15 is 0 Å². The Morgan fingerprint density at radius 1 is 1.09 bits per heavy atom. The lowest BCUT2D eigenvalue weighted by atomic mass is 10.2. The van der Waals surface area contributed by atoms with Crippen LogP contribution in [0.1, 0.15) is 11.4 Å². The zero-order valence-electron chi connectivity index (χ0n) is 19.0. The number of anilines is 2. The van der Waals surface area contributed by atoms with Gasteiger partial charge in [-0.25, -0.2) is 4.98 Å². The highest BCUT2D eigenvalue weighted by Crippen LogP contribution is 2.32. The number of amides is 1. The van der Waals surface area contributed by atoms with Crippen LogP contribution in [-0.2, 0) is 17.9 Å². The Morgan fingerprint density at radius 3 is 2.76 bits per heavy atom. The Labute approximate surface area is 202 Å². The van der Waals surface area contributed by atoms with Crippen molar-refractivity contribution in [1.29, 1.82) is 0 Å². The predicted molar refractivity (Wildman–Crippen MR) is 134 cm³/mol. The van der Waals surface area contributed by atoms with E-state index in [-0.39, 0.29) is 12.5 Å². The summed E-state index contributed by atoms with van der Waals surface area (Å²) in [4.78, 5) is 19.5. The molecule has 8 heteroatoms. The molecular formula is C26H25ClN4O3. The van der Waals surface area contributed by atoms with Crippen LogP contribution < -0.4 is 19.7 Å². The molecule has 2 heterocycles. The third-order valence-electron chi connectivity index (χ3n) is 5.99. The van der Waals surface area contributed by atoms with E-state index in [0.717, 1.165) is 41.2 Å². The van der Waals surface area contributed by atoms with Gasteiger partial charge in [-0.3, -0.25) is 4.79 Å². The third kappa shape index (κ3) is 4.39. The van der Waals surface area contributed by atoms with Crippen LogP contribution in [0.4, 0.5) is 11.4 Å². The largest absolute Gasteiger partial charge is 0.494 e. The molecule has 174 valence electrons. The maximum absolute atomic E-state index is 12.5. The van der Waals surface area contributed by atoms with Gasteiger partial charge in [0.05, 0.1) is 30.4 Å². The van der Waals surface area contributed by atoms with Gasteiger partial charge in [0.1, 0.15) is 17.3 Å². The summed E-state index contributed by atoms with van der Waals surface area (Å²) in [7, 11) is 1.60. The predicted octanol–water partition coefficient (Wildman–Crippen LogP) is 5.04. The molecule has 0 spiro atoms. The molecule has 0 atom stereocenters. The average molecular weight is 477 g/mol. The minimum absolute atomic E-state index is 0.0812. The van der Waals surface area contributed by atoms with Gasteiger partial charge in [0.15, 0.2) is 6.61 Å². The number of aryl methyl sites for hydroxylation is 1. The number of hydrogen-bond acceptors (Lipinski definition) is 5. The van der Waals surface area contributed by atoms with E-state index in [4.69, 9.17) is 26.1 Å². The molecule has 1 N–H and O–H groups in total. The van der Waals surface area contributed by atoms with Crippen molar-refractivity contribution in [1.82, 2.24) is 9.55 Å². The first kappa shape index (κ1) is 22.1. The summed E-state index contributed by atoms with van der Waals surface area (Å²) in [6, 6.07) is 19.2. The molecular weight excluding hydrogens is 452 g/mol. The number of para-hydroxylation sites is 1. The summed E-state index contributed by atoms with van der Waals surface area (Å²) < 4.78 is 13.5. The van der Waals surface area contributed by atoms with Crippen molar-refractivity contribution in [3.63, 3.8) is 0 Å². The molecule has 0 radical (unpaired) electrons. The smallest absolute Gasteiger partial charge is 0.262 e. The summed E-state index contributed by atoms with van der Waals surface area (Å²) >= 11 is 6.14. The van der Waals surface area contributed by atoms with E-state index in [2.05, 4.69) is 14.8 Å². The summed E-state index contributed by atoms with van der Waals surface area (Å²) in [6.45, 7) is 4.19. The number of nitrogens with one attached hydrogen (secondary N) is 1. The molecule has 1 aliphatic heterocycles. The first-order valence-electron chi connectivity index (χ1n) is 11.1. The number of benzene rings is 3. The number of rotatable bonds is 6. The average Bonchev–Trinajstić information content (AvgIpc) is 3.20. The van der Waals surface area contributed by atoms with Crippen LogP contribution in [0.5, 0.6) is 11.5 Å². The monoisotopic (exact) mass is 476 g/mol. The van der Waals surface area contributed by atoms with Gasteiger partial charge in [-0.1, -0.05) is 29.8 Å². The Balaban J connectivity index is 1.29. The van der Waals surface area contributed by atoms with Gasteiger partial charge in [0, 0.05) is 29.9 Å². The van der Waals surface area contributed by atoms with Crippen molar-refractivity contribution < 1.29 is 14.3 Å². The molecule has 7 nitrogen and oxygen atoms in total. The van der Waals surface area contributed by atoms with E-state index in [9.17, 15) is 4.79 Å².